The maximum atomic E-state index is 2.36. The average molecular weight is 168 g/mol. The van der Waals surface area contributed by atoms with Crippen LogP contribution in [-0.2, 0) is 0 Å². The first-order chi connectivity index (χ1) is 5.06. The second-order valence-corrected chi connectivity index (χ2v) is 9.01. The van der Waals surface area contributed by atoms with Gasteiger partial charge in [0.25, 0.3) is 0 Å². The Morgan fingerprint density at radius 3 is 2.18 bits per heavy atom. The third kappa shape index (κ3) is 9.70. The molecule has 0 rings (SSSR count). The predicted octanol–water partition coefficient (Wildman–Crippen LogP) is 3.78. The molecule has 11 heavy (non-hydrogen) atoms. The molecule has 0 radical (unpaired) electrons. The molecule has 0 heterocycles. The van der Waals surface area contributed by atoms with Gasteiger partial charge in [-0.15, -0.1) is 0 Å². The molecule has 0 aromatic heterocycles. The van der Waals surface area contributed by atoms with Crippen LogP contribution >= 0.6 is 0 Å². The molecule has 0 unspecified atom stereocenters. The van der Waals surface area contributed by atoms with Crippen molar-refractivity contribution in [2.24, 2.45) is 0 Å². The fraction of sp³-hybridized carbons (Fsp3) is 0.600. The number of allylic oxidation sites excluding steroid dienone is 3. The van der Waals surface area contributed by atoms with Crippen LogP contribution in [0.5, 0.6) is 0 Å². The molecule has 0 aromatic carbocycles. The molecule has 0 atom stereocenters. The van der Waals surface area contributed by atoms with Gasteiger partial charge in [-0.25, -0.2) is 0 Å². The Labute approximate surface area is 72.0 Å². The van der Waals surface area contributed by atoms with Crippen molar-refractivity contribution < 1.29 is 0 Å². The third-order valence-electron chi connectivity index (χ3n) is 1.30. The molecule has 0 aliphatic rings. The van der Waals surface area contributed by atoms with Crippen molar-refractivity contribution in [1.29, 1.82) is 0 Å². The van der Waals surface area contributed by atoms with E-state index in [0.717, 1.165) is 0 Å². The molecule has 0 fully saturated rings. The van der Waals surface area contributed by atoms with Gasteiger partial charge in [0, 0.05) is 0 Å². The van der Waals surface area contributed by atoms with E-state index in [2.05, 4.69) is 50.5 Å². The molecule has 0 aromatic rings. The summed E-state index contributed by atoms with van der Waals surface area (Å²) in [5.74, 6) is 0. The van der Waals surface area contributed by atoms with Crippen LogP contribution in [0.1, 0.15) is 19.8 Å². The third-order valence-corrected chi connectivity index (χ3v) is 2.49. The summed E-state index contributed by atoms with van der Waals surface area (Å²) in [5.41, 5.74) is 2.36. The largest absolute Gasteiger partial charge is 0.0950 e. The molecular formula is C10H20Si. The van der Waals surface area contributed by atoms with Gasteiger partial charge in [0.2, 0.25) is 0 Å². The van der Waals surface area contributed by atoms with Crippen molar-refractivity contribution in [2.75, 3.05) is 0 Å². The Hall–Kier alpha value is -0.303. The van der Waals surface area contributed by atoms with Crippen molar-refractivity contribution in [3.63, 3.8) is 0 Å². The van der Waals surface area contributed by atoms with E-state index in [4.69, 9.17) is 0 Å². The van der Waals surface area contributed by atoms with Crippen LogP contribution in [0.4, 0.5) is 0 Å². The lowest BCUT2D eigenvalue weighted by Crippen LogP contribution is -2.14. The van der Waals surface area contributed by atoms with Crippen molar-refractivity contribution in [1.82, 2.24) is 0 Å². The molecule has 0 amide bonds. The lowest BCUT2D eigenvalue weighted by Gasteiger charge is -2.06. The summed E-state index contributed by atoms with van der Waals surface area (Å²) in [4.78, 5) is 0. The number of hydrogen-bond donors (Lipinski definition) is 0. The smallest absolute Gasteiger partial charge is 0.0686 e. The van der Waals surface area contributed by atoms with E-state index in [9.17, 15) is 0 Å². The van der Waals surface area contributed by atoms with Crippen LogP contribution in [0.25, 0.3) is 0 Å². The maximum absolute atomic E-state index is 2.36. The van der Waals surface area contributed by atoms with Crippen molar-refractivity contribution >= 4 is 8.07 Å². The minimum atomic E-state index is -0.949. The summed E-state index contributed by atoms with van der Waals surface area (Å²) < 4.78 is 0. The van der Waals surface area contributed by atoms with Gasteiger partial charge in [0.1, 0.15) is 0 Å². The molecule has 0 N–H and O–H groups in total. The number of rotatable bonds is 4. The number of hydrogen-bond acceptors (Lipinski definition) is 0. The predicted molar refractivity (Wildman–Crippen MR) is 56.5 cm³/mol. The average Bonchev–Trinajstić information content (AvgIpc) is 1.85. The molecule has 64 valence electrons. The summed E-state index contributed by atoms with van der Waals surface area (Å²) in [6.07, 6.45) is 9.05. The van der Waals surface area contributed by atoms with E-state index in [-0.39, 0.29) is 0 Å². The lowest BCUT2D eigenvalue weighted by atomic mass is 10.3. The van der Waals surface area contributed by atoms with E-state index in [1.165, 1.54) is 12.8 Å². The van der Waals surface area contributed by atoms with Gasteiger partial charge in [0.05, 0.1) is 8.07 Å². The molecule has 0 spiro atoms. The van der Waals surface area contributed by atoms with Crippen LogP contribution in [0, 0.1) is 0 Å². The van der Waals surface area contributed by atoms with E-state index in [0.29, 0.717) is 0 Å². The van der Waals surface area contributed by atoms with Crippen LogP contribution in [-0.4, -0.2) is 8.07 Å². The Balaban J connectivity index is 3.60. The van der Waals surface area contributed by atoms with E-state index in [1.807, 2.05) is 0 Å². The summed E-state index contributed by atoms with van der Waals surface area (Å²) in [6, 6.07) is 0. The van der Waals surface area contributed by atoms with Crippen molar-refractivity contribution in [3.05, 3.63) is 23.9 Å². The molecule has 0 bridgehead atoms. The van der Waals surface area contributed by atoms with E-state index in [1.54, 1.807) is 0 Å². The van der Waals surface area contributed by atoms with Crippen molar-refractivity contribution in [3.8, 4) is 0 Å². The Morgan fingerprint density at radius 2 is 1.73 bits per heavy atom. The summed E-state index contributed by atoms with van der Waals surface area (Å²) in [6.45, 7) is 9.23. The molecule has 0 nitrogen and oxygen atoms in total. The van der Waals surface area contributed by atoms with Crippen LogP contribution in [0.15, 0.2) is 23.9 Å². The maximum Gasteiger partial charge on any atom is 0.0686 e. The normalized spacial score (nSPS) is 13.5. The van der Waals surface area contributed by atoms with Crippen LogP contribution < -0.4 is 0 Å². The molecule has 0 aliphatic heterocycles. The second-order valence-electron chi connectivity index (χ2n) is 3.94. The quantitative estimate of drug-likeness (QED) is 0.443. The summed E-state index contributed by atoms with van der Waals surface area (Å²) in [7, 11) is -0.949. The highest BCUT2D eigenvalue weighted by Crippen LogP contribution is 2.01. The number of unbranched alkanes of at least 4 members (excludes halogenated alkanes) is 1. The monoisotopic (exact) mass is 168 g/mol. The standard InChI is InChI=1S/C10H20Si/c1-5-6-7-8-9-10-11(2,3)4/h7-10H,5-6H2,1-4H3/b8-7-,10-9+. The second kappa shape index (κ2) is 5.36. The van der Waals surface area contributed by atoms with Crippen molar-refractivity contribution in [2.45, 2.75) is 39.4 Å². The van der Waals surface area contributed by atoms with Gasteiger partial charge in [-0.2, -0.15) is 0 Å². The summed E-state index contributed by atoms with van der Waals surface area (Å²) >= 11 is 0. The fourth-order valence-electron chi connectivity index (χ4n) is 0.686. The van der Waals surface area contributed by atoms with Gasteiger partial charge in [-0.05, 0) is 6.42 Å². The molecule has 0 saturated carbocycles. The lowest BCUT2D eigenvalue weighted by molar-refractivity contribution is 0.959. The first-order valence-corrected chi connectivity index (χ1v) is 7.98. The molecule has 1 heteroatoms. The van der Waals surface area contributed by atoms with Crippen LogP contribution in [0.2, 0.25) is 19.6 Å². The zero-order valence-corrected chi connectivity index (χ0v) is 9.22. The Bertz CT molecular complexity index is 137. The Kier molecular flexibility index (Phi) is 5.21. The minimum Gasteiger partial charge on any atom is -0.0950 e. The summed E-state index contributed by atoms with van der Waals surface area (Å²) in [5, 5.41) is 0. The SMILES string of the molecule is CCC/C=C\C=C\[Si](C)(C)C. The minimum absolute atomic E-state index is 0.949. The fourth-order valence-corrected chi connectivity index (χ4v) is 1.37. The first kappa shape index (κ1) is 10.7. The van der Waals surface area contributed by atoms with Crippen LogP contribution in [0.3, 0.4) is 0 Å². The van der Waals surface area contributed by atoms with Gasteiger partial charge < -0.3 is 0 Å². The highest BCUT2D eigenvalue weighted by Gasteiger charge is 2.05. The molecule has 0 saturated heterocycles. The van der Waals surface area contributed by atoms with E-state index >= 15 is 0 Å². The highest BCUT2D eigenvalue weighted by molar-refractivity contribution is 6.80. The topological polar surface area (TPSA) is 0 Å². The zero-order valence-electron chi connectivity index (χ0n) is 8.22. The van der Waals surface area contributed by atoms with Gasteiger partial charge in [-0.1, -0.05) is 56.9 Å². The Morgan fingerprint density at radius 1 is 1.09 bits per heavy atom. The first-order valence-electron chi connectivity index (χ1n) is 4.40. The van der Waals surface area contributed by atoms with E-state index < -0.39 is 8.07 Å². The molecule has 0 aliphatic carbocycles. The van der Waals surface area contributed by atoms with Gasteiger partial charge in [-0.3, -0.25) is 0 Å². The molecular weight excluding hydrogens is 148 g/mol. The zero-order chi connectivity index (χ0) is 8.74. The van der Waals surface area contributed by atoms with Gasteiger partial charge >= 0.3 is 0 Å². The van der Waals surface area contributed by atoms with Gasteiger partial charge in [0.15, 0.2) is 0 Å². The highest BCUT2D eigenvalue weighted by atomic mass is 28.3.